The smallest absolute Gasteiger partial charge is 0.210 e. The molecule has 10 heteroatoms. The van der Waals surface area contributed by atoms with Crippen molar-refractivity contribution in [3.05, 3.63) is 60.2 Å². The van der Waals surface area contributed by atoms with Crippen LogP contribution in [0.4, 0.5) is 5.95 Å². The van der Waals surface area contributed by atoms with Gasteiger partial charge < -0.3 is 10.1 Å². The van der Waals surface area contributed by atoms with Gasteiger partial charge in [-0.05, 0) is 23.8 Å². The third kappa shape index (κ3) is 3.24. The van der Waals surface area contributed by atoms with E-state index in [1.165, 1.54) is 17.8 Å². The van der Waals surface area contributed by atoms with Gasteiger partial charge in [-0.1, -0.05) is 12.1 Å². The van der Waals surface area contributed by atoms with E-state index in [4.69, 9.17) is 4.74 Å². The number of aromatic nitrogens is 5. The van der Waals surface area contributed by atoms with Crippen LogP contribution in [0.3, 0.4) is 0 Å². The first-order valence-electron chi connectivity index (χ1n) is 9.33. The van der Waals surface area contributed by atoms with Gasteiger partial charge >= 0.3 is 0 Å². The van der Waals surface area contributed by atoms with Crippen LogP contribution in [-0.4, -0.2) is 45.8 Å². The Balaban J connectivity index is 1.45. The van der Waals surface area contributed by atoms with Crippen LogP contribution in [0.2, 0.25) is 0 Å². The van der Waals surface area contributed by atoms with Gasteiger partial charge in [0.1, 0.15) is 12.1 Å². The van der Waals surface area contributed by atoms with Crippen LogP contribution in [0, 0.1) is 0 Å². The molecule has 0 unspecified atom stereocenters. The molecule has 0 saturated heterocycles. The predicted molar refractivity (Wildman–Crippen MR) is 110 cm³/mol. The Kier molecular flexibility index (Phi) is 4.35. The summed E-state index contributed by atoms with van der Waals surface area (Å²) in [5.74, 6) is 1.55. The summed E-state index contributed by atoms with van der Waals surface area (Å²) in [6.07, 6.45) is 6.80. The average Bonchev–Trinajstić information content (AvgIpc) is 3.41. The molecular weight excluding hydrogens is 404 g/mol. The van der Waals surface area contributed by atoms with Gasteiger partial charge in [0.2, 0.25) is 5.95 Å². The highest BCUT2D eigenvalue weighted by Crippen LogP contribution is 2.29. The predicted octanol–water partition coefficient (Wildman–Crippen LogP) is 2.14. The molecule has 1 N–H and O–H groups in total. The summed E-state index contributed by atoms with van der Waals surface area (Å²) < 4.78 is 30.7. The number of ether oxygens (including phenoxy) is 1. The maximum atomic E-state index is 11.6. The van der Waals surface area contributed by atoms with E-state index in [9.17, 15) is 8.42 Å². The number of sulfone groups is 1. The number of fused-ring (bicyclic) bond motifs is 2. The summed E-state index contributed by atoms with van der Waals surface area (Å²) in [5, 5.41) is 11.6. The zero-order valence-electron chi connectivity index (χ0n) is 16.1. The zero-order valence-corrected chi connectivity index (χ0v) is 16.9. The normalized spacial score (nSPS) is 13.2. The Morgan fingerprint density at radius 3 is 2.87 bits per heavy atom. The van der Waals surface area contributed by atoms with Crippen molar-refractivity contribution < 1.29 is 13.2 Å². The van der Waals surface area contributed by atoms with Gasteiger partial charge in [0.05, 0.1) is 6.61 Å². The molecule has 3 aromatic heterocycles. The molecule has 1 aromatic carbocycles. The van der Waals surface area contributed by atoms with Crippen molar-refractivity contribution in [3.63, 3.8) is 0 Å². The monoisotopic (exact) mass is 422 g/mol. The van der Waals surface area contributed by atoms with E-state index in [2.05, 4.69) is 31.5 Å². The van der Waals surface area contributed by atoms with Crippen molar-refractivity contribution in [2.24, 2.45) is 0 Å². The van der Waals surface area contributed by atoms with E-state index in [0.717, 1.165) is 24.0 Å². The molecule has 9 nitrogen and oxygen atoms in total. The highest BCUT2D eigenvalue weighted by molar-refractivity contribution is 7.90. The maximum Gasteiger partial charge on any atom is 0.210 e. The van der Waals surface area contributed by atoms with E-state index in [1.807, 2.05) is 12.1 Å². The second kappa shape index (κ2) is 7.06. The Morgan fingerprint density at radius 1 is 1.17 bits per heavy atom. The standard InChI is InChI=1S/C20H18N6O3S/c1-30(27,28)18-6-5-14(9-21-18)16-11-23-20(26-12-24-25-19(16)26)22-10-13-3-2-4-17-15(13)7-8-29-17/h2-6,9,11-12H,7-8,10H2,1H3,(H,22,23). The van der Waals surface area contributed by atoms with Crippen LogP contribution < -0.4 is 10.1 Å². The zero-order chi connectivity index (χ0) is 20.7. The van der Waals surface area contributed by atoms with Gasteiger partial charge in [0.25, 0.3) is 0 Å². The Morgan fingerprint density at radius 2 is 2.07 bits per heavy atom. The molecule has 0 fully saturated rings. The Bertz CT molecular complexity index is 1350. The van der Waals surface area contributed by atoms with Crippen molar-refractivity contribution in [2.45, 2.75) is 18.0 Å². The van der Waals surface area contributed by atoms with Gasteiger partial charge in [-0.15, -0.1) is 10.2 Å². The molecule has 1 aliphatic heterocycles. The highest BCUT2D eigenvalue weighted by Gasteiger charge is 2.17. The van der Waals surface area contributed by atoms with Gasteiger partial charge in [-0.2, -0.15) is 0 Å². The number of benzene rings is 1. The van der Waals surface area contributed by atoms with Gasteiger partial charge in [0, 0.05) is 48.3 Å². The van der Waals surface area contributed by atoms with Crippen LogP contribution in [0.15, 0.2) is 54.1 Å². The molecule has 4 aromatic rings. The summed E-state index contributed by atoms with van der Waals surface area (Å²) in [6.45, 7) is 1.30. The number of rotatable bonds is 5. The lowest BCUT2D eigenvalue weighted by atomic mass is 10.1. The van der Waals surface area contributed by atoms with Crippen LogP contribution in [0.25, 0.3) is 16.8 Å². The molecule has 0 atom stereocenters. The van der Waals surface area contributed by atoms with Crippen LogP contribution in [0.1, 0.15) is 11.1 Å². The Labute approximate surface area is 172 Å². The minimum absolute atomic E-state index is 0.0226. The molecule has 0 spiro atoms. The molecule has 0 aliphatic carbocycles. The number of pyridine rings is 1. The largest absolute Gasteiger partial charge is 0.493 e. The third-order valence-electron chi connectivity index (χ3n) is 5.04. The second-order valence-corrected chi connectivity index (χ2v) is 8.99. The summed E-state index contributed by atoms with van der Waals surface area (Å²) in [6, 6.07) is 9.21. The Hall–Kier alpha value is -3.53. The number of hydrogen-bond donors (Lipinski definition) is 1. The molecule has 30 heavy (non-hydrogen) atoms. The van der Waals surface area contributed by atoms with Crippen molar-refractivity contribution in [2.75, 3.05) is 18.2 Å². The summed E-state index contributed by atoms with van der Waals surface area (Å²) in [7, 11) is -3.36. The van der Waals surface area contributed by atoms with Crippen LogP contribution >= 0.6 is 0 Å². The number of anilines is 1. The van der Waals surface area contributed by atoms with E-state index in [-0.39, 0.29) is 5.03 Å². The molecule has 0 saturated carbocycles. The fraction of sp³-hybridized carbons (Fsp3) is 0.200. The van der Waals surface area contributed by atoms with Gasteiger partial charge in [-0.3, -0.25) is 4.40 Å². The summed E-state index contributed by atoms with van der Waals surface area (Å²) >= 11 is 0. The van der Waals surface area contributed by atoms with E-state index >= 15 is 0 Å². The van der Waals surface area contributed by atoms with Crippen molar-refractivity contribution in [1.29, 1.82) is 0 Å². The second-order valence-electron chi connectivity index (χ2n) is 7.02. The van der Waals surface area contributed by atoms with E-state index < -0.39 is 9.84 Å². The molecule has 0 bridgehead atoms. The van der Waals surface area contributed by atoms with Crippen molar-refractivity contribution in [1.82, 2.24) is 24.6 Å². The number of nitrogens with zero attached hydrogens (tertiary/aromatic N) is 5. The first-order valence-corrected chi connectivity index (χ1v) is 11.2. The lowest BCUT2D eigenvalue weighted by Gasteiger charge is -2.12. The van der Waals surface area contributed by atoms with Crippen molar-refractivity contribution >= 4 is 21.4 Å². The molecule has 152 valence electrons. The molecule has 4 heterocycles. The van der Waals surface area contributed by atoms with Crippen molar-refractivity contribution in [3.8, 4) is 16.9 Å². The molecule has 0 radical (unpaired) electrons. The SMILES string of the molecule is CS(=O)(=O)c1ccc(-c2cnc(NCc3cccc4c3CCO4)n3cnnc23)cn1. The number of nitrogens with one attached hydrogen (secondary N) is 1. The molecule has 5 rings (SSSR count). The molecule has 0 amide bonds. The first kappa shape index (κ1) is 18.5. The molecule has 1 aliphatic rings. The van der Waals surface area contributed by atoms with Gasteiger partial charge in [0.15, 0.2) is 20.5 Å². The molecular formula is C20H18N6O3S. The van der Waals surface area contributed by atoms with Gasteiger partial charge in [-0.25, -0.2) is 18.4 Å². The average molecular weight is 422 g/mol. The first-order chi connectivity index (χ1) is 14.5. The minimum Gasteiger partial charge on any atom is -0.493 e. The quantitative estimate of drug-likeness (QED) is 0.521. The third-order valence-corrected chi connectivity index (χ3v) is 6.04. The lowest BCUT2D eigenvalue weighted by Crippen LogP contribution is -2.08. The van der Waals surface area contributed by atoms with Crippen LogP contribution in [0.5, 0.6) is 5.75 Å². The topological polar surface area (TPSA) is 111 Å². The van der Waals surface area contributed by atoms with E-state index in [0.29, 0.717) is 35.9 Å². The summed E-state index contributed by atoms with van der Waals surface area (Å²) in [5.41, 5.74) is 4.40. The van der Waals surface area contributed by atoms with Crippen LogP contribution in [-0.2, 0) is 22.8 Å². The highest BCUT2D eigenvalue weighted by atomic mass is 32.2. The van der Waals surface area contributed by atoms with E-state index in [1.54, 1.807) is 23.0 Å². The summed E-state index contributed by atoms with van der Waals surface area (Å²) in [4.78, 5) is 8.58. The minimum atomic E-state index is -3.36. The lowest BCUT2D eigenvalue weighted by molar-refractivity contribution is 0.357. The fourth-order valence-electron chi connectivity index (χ4n) is 3.55. The number of hydrogen-bond acceptors (Lipinski definition) is 8. The fourth-order valence-corrected chi connectivity index (χ4v) is 4.11. The maximum absolute atomic E-state index is 11.6.